The number of aliphatic hydroxyl groups is 1. The molecule has 2 rings (SSSR count). The first-order valence-corrected chi connectivity index (χ1v) is 7.71. The SMILES string of the molecule is CCC(C)C(C(=O)Nc1cccc(CO)c1)c1ccccc1. The predicted molar refractivity (Wildman–Crippen MR) is 89.6 cm³/mol. The lowest BCUT2D eigenvalue weighted by molar-refractivity contribution is -0.118. The van der Waals surface area contributed by atoms with Crippen LogP contribution in [0, 0.1) is 5.92 Å². The summed E-state index contributed by atoms with van der Waals surface area (Å²) in [4.78, 5) is 12.7. The number of carbonyl (C=O) groups excluding carboxylic acids is 1. The molecular formula is C19H23NO2. The maximum atomic E-state index is 12.7. The average Bonchev–Trinajstić information content (AvgIpc) is 2.56. The molecule has 0 heterocycles. The highest BCUT2D eigenvalue weighted by Gasteiger charge is 2.25. The van der Waals surface area contributed by atoms with Gasteiger partial charge in [0.05, 0.1) is 12.5 Å². The molecule has 2 N–H and O–H groups in total. The Morgan fingerprint density at radius 1 is 1.14 bits per heavy atom. The largest absolute Gasteiger partial charge is 0.392 e. The Bertz CT molecular complexity index is 610. The first-order chi connectivity index (χ1) is 10.7. The van der Waals surface area contributed by atoms with Crippen LogP contribution in [0.4, 0.5) is 5.69 Å². The minimum absolute atomic E-state index is 0.00404. The van der Waals surface area contributed by atoms with E-state index in [1.165, 1.54) is 0 Å². The zero-order valence-electron chi connectivity index (χ0n) is 13.1. The molecule has 116 valence electrons. The van der Waals surface area contributed by atoms with E-state index in [1.54, 1.807) is 6.07 Å². The molecule has 2 unspecified atom stereocenters. The van der Waals surface area contributed by atoms with E-state index >= 15 is 0 Å². The fourth-order valence-corrected chi connectivity index (χ4v) is 2.60. The lowest BCUT2D eigenvalue weighted by Crippen LogP contribution is -2.26. The molecule has 3 heteroatoms. The summed E-state index contributed by atoms with van der Waals surface area (Å²) < 4.78 is 0. The summed E-state index contributed by atoms with van der Waals surface area (Å²) in [7, 11) is 0. The van der Waals surface area contributed by atoms with Gasteiger partial charge < -0.3 is 10.4 Å². The highest BCUT2D eigenvalue weighted by molar-refractivity contribution is 5.96. The molecule has 22 heavy (non-hydrogen) atoms. The smallest absolute Gasteiger partial charge is 0.232 e. The second-order valence-electron chi connectivity index (χ2n) is 5.62. The number of carbonyl (C=O) groups is 1. The Labute approximate surface area is 132 Å². The van der Waals surface area contributed by atoms with E-state index < -0.39 is 0 Å². The summed E-state index contributed by atoms with van der Waals surface area (Å²) in [6, 6.07) is 17.2. The molecule has 0 bridgehead atoms. The highest BCUT2D eigenvalue weighted by atomic mass is 16.3. The van der Waals surface area contributed by atoms with Crippen LogP contribution in [-0.2, 0) is 11.4 Å². The molecule has 2 aromatic carbocycles. The molecular weight excluding hydrogens is 274 g/mol. The molecule has 0 aromatic heterocycles. The maximum Gasteiger partial charge on any atom is 0.232 e. The van der Waals surface area contributed by atoms with Crippen LogP contribution in [0.3, 0.4) is 0 Å². The number of nitrogens with one attached hydrogen (secondary N) is 1. The Morgan fingerprint density at radius 3 is 2.50 bits per heavy atom. The van der Waals surface area contributed by atoms with Gasteiger partial charge in [0.25, 0.3) is 0 Å². The van der Waals surface area contributed by atoms with Crippen molar-refractivity contribution in [3.8, 4) is 0 Å². The van der Waals surface area contributed by atoms with Crippen molar-refractivity contribution in [3.05, 3.63) is 65.7 Å². The standard InChI is InChI=1S/C19H23NO2/c1-3-14(2)18(16-9-5-4-6-10-16)19(22)20-17-11-7-8-15(12-17)13-21/h4-12,14,18,21H,3,13H2,1-2H3,(H,20,22). The molecule has 2 atom stereocenters. The van der Waals surface area contributed by atoms with Crippen LogP contribution in [0.1, 0.15) is 37.3 Å². The summed E-state index contributed by atoms with van der Waals surface area (Å²) in [5.41, 5.74) is 2.55. The summed E-state index contributed by atoms with van der Waals surface area (Å²) in [6.07, 6.45) is 0.934. The van der Waals surface area contributed by atoms with E-state index in [1.807, 2.05) is 48.5 Å². The fraction of sp³-hybridized carbons (Fsp3) is 0.316. The number of rotatable bonds is 6. The van der Waals surface area contributed by atoms with E-state index in [0.717, 1.165) is 23.2 Å². The third-order valence-corrected chi connectivity index (χ3v) is 4.03. The summed E-state index contributed by atoms with van der Waals surface area (Å²) in [6.45, 7) is 4.17. The van der Waals surface area contributed by atoms with Crippen molar-refractivity contribution in [1.82, 2.24) is 0 Å². The number of amides is 1. The fourth-order valence-electron chi connectivity index (χ4n) is 2.60. The second-order valence-corrected chi connectivity index (χ2v) is 5.62. The molecule has 0 fully saturated rings. The van der Waals surface area contributed by atoms with Crippen molar-refractivity contribution >= 4 is 11.6 Å². The average molecular weight is 297 g/mol. The number of hydrogen-bond donors (Lipinski definition) is 2. The first-order valence-electron chi connectivity index (χ1n) is 7.71. The molecule has 0 aliphatic carbocycles. The van der Waals surface area contributed by atoms with E-state index in [2.05, 4.69) is 19.2 Å². The van der Waals surface area contributed by atoms with Gasteiger partial charge in [-0.25, -0.2) is 0 Å². The van der Waals surface area contributed by atoms with E-state index in [9.17, 15) is 9.90 Å². The first kappa shape index (κ1) is 16.2. The zero-order chi connectivity index (χ0) is 15.9. The molecule has 3 nitrogen and oxygen atoms in total. The van der Waals surface area contributed by atoms with Gasteiger partial charge in [-0.15, -0.1) is 0 Å². The third kappa shape index (κ3) is 3.95. The van der Waals surface area contributed by atoms with Crippen LogP contribution >= 0.6 is 0 Å². The van der Waals surface area contributed by atoms with Gasteiger partial charge in [-0.05, 0) is 29.2 Å². The molecule has 0 spiro atoms. The topological polar surface area (TPSA) is 49.3 Å². The van der Waals surface area contributed by atoms with Gasteiger partial charge in [-0.1, -0.05) is 62.7 Å². The van der Waals surface area contributed by atoms with Crippen LogP contribution < -0.4 is 5.32 Å². The molecule has 0 aliphatic heterocycles. The molecule has 0 radical (unpaired) electrons. The minimum atomic E-state index is -0.177. The normalized spacial score (nSPS) is 13.4. The van der Waals surface area contributed by atoms with Gasteiger partial charge in [0.1, 0.15) is 0 Å². The Kier molecular flexibility index (Phi) is 5.73. The summed E-state index contributed by atoms with van der Waals surface area (Å²) in [5.74, 6) is 0.0723. The number of benzene rings is 2. The van der Waals surface area contributed by atoms with Gasteiger partial charge in [0, 0.05) is 5.69 Å². The minimum Gasteiger partial charge on any atom is -0.392 e. The highest BCUT2D eigenvalue weighted by Crippen LogP contribution is 2.28. The number of hydrogen-bond acceptors (Lipinski definition) is 2. The predicted octanol–water partition coefficient (Wildman–Crippen LogP) is 3.95. The monoisotopic (exact) mass is 297 g/mol. The van der Waals surface area contributed by atoms with Crippen LogP contribution in [-0.4, -0.2) is 11.0 Å². The van der Waals surface area contributed by atoms with Crippen LogP contribution in [0.15, 0.2) is 54.6 Å². The van der Waals surface area contributed by atoms with Crippen molar-refractivity contribution in [2.75, 3.05) is 5.32 Å². The van der Waals surface area contributed by atoms with Crippen LogP contribution in [0.25, 0.3) is 0 Å². The van der Waals surface area contributed by atoms with E-state index in [-0.39, 0.29) is 24.3 Å². The van der Waals surface area contributed by atoms with Crippen molar-refractivity contribution in [2.45, 2.75) is 32.8 Å². The van der Waals surface area contributed by atoms with Gasteiger partial charge >= 0.3 is 0 Å². The third-order valence-electron chi connectivity index (χ3n) is 4.03. The Hall–Kier alpha value is -2.13. The van der Waals surface area contributed by atoms with Crippen molar-refractivity contribution < 1.29 is 9.90 Å². The van der Waals surface area contributed by atoms with Crippen LogP contribution in [0.2, 0.25) is 0 Å². The summed E-state index contributed by atoms with van der Waals surface area (Å²) >= 11 is 0. The van der Waals surface area contributed by atoms with Crippen LogP contribution in [0.5, 0.6) is 0 Å². The maximum absolute atomic E-state index is 12.7. The summed E-state index contributed by atoms with van der Waals surface area (Å²) in [5, 5.41) is 12.2. The molecule has 2 aromatic rings. The van der Waals surface area contributed by atoms with Gasteiger partial charge in [-0.2, -0.15) is 0 Å². The number of aliphatic hydroxyl groups excluding tert-OH is 1. The van der Waals surface area contributed by atoms with Crippen molar-refractivity contribution in [1.29, 1.82) is 0 Å². The lowest BCUT2D eigenvalue weighted by atomic mass is 9.85. The van der Waals surface area contributed by atoms with Gasteiger partial charge in [-0.3, -0.25) is 4.79 Å². The Morgan fingerprint density at radius 2 is 1.86 bits per heavy atom. The van der Waals surface area contributed by atoms with Crippen molar-refractivity contribution in [3.63, 3.8) is 0 Å². The quantitative estimate of drug-likeness (QED) is 0.848. The zero-order valence-corrected chi connectivity index (χ0v) is 13.1. The van der Waals surface area contributed by atoms with E-state index in [4.69, 9.17) is 0 Å². The number of anilines is 1. The molecule has 0 saturated heterocycles. The van der Waals surface area contributed by atoms with Crippen molar-refractivity contribution in [2.24, 2.45) is 5.92 Å². The molecule has 0 aliphatic rings. The second kappa shape index (κ2) is 7.76. The van der Waals surface area contributed by atoms with Gasteiger partial charge in [0.15, 0.2) is 0 Å². The Balaban J connectivity index is 2.22. The van der Waals surface area contributed by atoms with Gasteiger partial charge in [0.2, 0.25) is 5.91 Å². The molecule has 1 amide bonds. The van der Waals surface area contributed by atoms with E-state index in [0.29, 0.717) is 0 Å². The molecule has 0 saturated carbocycles. The lowest BCUT2D eigenvalue weighted by Gasteiger charge is -2.23.